The van der Waals surface area contributed by atoms with E-state index in [9.17, 15) is 14.4 Å². The zero-order valence-electron chi connectivity index (χ0n) is 20.4. The average molecular weight is 563 g/mol. The number of halogens is 2. The van der Waals surface area contributed by atoms with Crippen molar-refractivity contribution < 1.29 is 9.59 Å². The molecule has 196 valence electrons. The molecule has 2 aromatic carbocycles. The van der Waals surface area contributed by atoms with Gasteiger partial charge in [0.1, 0.15) is 11.2 Å². The van der Waals surface area contributed by atoms with E-state index < -0.39 is 11.5 Å². The van der Waals surface area contributed by atoms with Gasteiger partial charge in [0.2, 0.25) is 17.8 Å². The summed E-state index contributed by atoms with van der Waals surface area (Å²) >= 11 is 12.0. The highest BCUT2D eigenvalue weighted by Gasteiger charge is 2.35. The van der Waals surface area contributed by atoms with Crippen LogP contribution in [0.15, 0.2) is 65.6 Å². The maximum atomic E-state index is 13.2. The molecule has 0 saturated carbocycles. The van der Waals surface area contributed by atoms with E-state index in [1.165, 1.54) is 15.6 Å². The SMILES string of the molecule is Cc1cc(NC(=O)C2CC(=O)N(c3ccc(Cl)cc3)C2)n(-c2nc3c(cnn3-c3ccc(Cl)cc3)c(=O)[nH]2)n1. The molecule has 0 bridgehead atoms. The van der Waals surface area contributed by atoms with E-state index in [4.69, 9.17) is 23.2 Å². The number of aromatic nitrogens is 6. The maximum absolute atomic E-state index is 13.2. The van der Waals surface area contributed by atoms with E-state index >= 15 is 0 Å². The van der Waals surface area contributed by atoms with Crippen molar-refractivity contribution in [2.75, 3.05) is 16.8 Å². The van der Waals surface area contributed by atoms with E-state index in [2.05, 4.69) is 25.5 Å². The number of fused-ring (bicyclic) bond motifs is 1. The van der Waals surface area contributed by atoms with Gasteiger partial charge in [0.05, 0.1) is 23.5 Å². The molecule has 1 saturated heterocycles. The van der Waals surface area contributed by atoms with Crippen LogP contribution in [-0.2, 0) is 9.59 Å². The number of carbonyl (C=O) groups excluding carboxylic acids is 2. The molecule has 1 fully saturated rings. The molecule has 5 aromatic rings. The molecule has 39 heavy (non-hydrogen) atoms. The number of nitrogens with one attached hydrogen (secondary N) is 2. The van der Waals surface area contributed by atoms with Crippen LogP contribution in [0.2, 0.25) is 10.0 Å². The second-order valence-corrected chi connectivity index (χ2v) is 9.99. The van der Waals surface area contributed by atoms with Crippen molar-refractivity contribution in [3.63, 3.8) is 0 Å². The Bertz CT molecular complexity index is 1790. The van der Waals surface area contributed by atoms with Crippen molar-refractivity contribution in [3.05, 3.63) is 86.9 Å². The highest BCUT2D eigenvalue weighted by atomic mass is 35.5. The molecular weight excluding hydrogens is 543 g/mol. The summed E-state index contributed by atoms with van der Waals surface area (Å²) in [4.78, 5) is 47.7. The monoisotopic (exact) mass is 562 g/mol. The third kappa shape index (κ3) is 4.66. The van der Waals surface area contributed by atoms with Crippen LogP contribution in [0.1, 0.15) is 12.1 Å². The fourth-order valence-electron chi connectivity index (χ4n) is 4.51. The third-order valence-electron chi connectivity index (χ3n) is 6.41. The lowest BCUT2D eigenvalue weighted by molar-refractivity contribution is -0.122. The standard InChI is InChI=1S/C26H20Cl2N8O3/c1-14-10-21(30-24(38)15-11-22(37)34(13-15)18-6-2-16(27)3-7-18)36(33-14)26-31-23-20(25(39)32-26)12-29-35(23)19-8-4-17(28)5-9-19/h2-10,12,15H,11,13H2,1H3,(H,30,38)(H,31,32,39). The first-order chi connectivity index (χ1) is 18.8. The summed E-state index contributed by atoms with van der Waals surface area (Å²) in [5, 5.41) is 13.0. The lowest BCUT2D eigenvalue weighted by Crippen LogP contribution is -2.28. The Morgan fingerprint density at radius 1 is 1.00 bits per heavy atom. The molecule has 6 rings (SSSR count). The normalized spacial score (nSPS) is 15.3. The van der Waals surface area contributed by atoms with Crippen LogP contribution < -0.4 is 15.8 Å². The van der Waals surface area contributed by atoms with Crippen LogP contribution in [0.25, 0.3) is 22.7 Å². The Kier molecular flexibility index (Phi) is 6.16. The molecule has 1 aliphatic rings. The zero-order chi connectivity index (χ0) is 27.3. The number of nitrogens with zero attached hydrogens (tertiary/aromatic N) is 6. The van der Waals surface area contributed by atoms with Gasteiger partial charge in [0.15, 0.2) is 5.65 Å². The van der Waals surface area contributed by atoms with E-state index in [0.29, 0.717) is 38.6 Å². The van der Waals surface area contributed by atoms with Gasteiger partial charge in [0.25, 0.3) is 5.56 Å². The number of anilines is 2. The van der Waals surface area contributed by atoms with Crippen molar-refractivity contribution >= 4 is 57.6 Å². The summed E-state index contributed by atoms with van der Waals surface area (Å²) in [6.07, 6.45) is 1.49. The molecule has 1 atom stereocenters. The summed E-state index contributed by atoms with van der Waals surface area (Å²) in [6.45, 7) is 1.98. The first kappa shape index (κ1) is 24.8. The van der Waals surface area contributed by atoms with Gasteiger partial charge in [-0.15, -0.1) is 0 Å². The topological polar surface area (TPSA) is 131 Å². The quantitative estimate of drug-likeness (QED) is 0.334. The fraction of sp³-hybridized carbons (Fsp3) is 0.154. The van der Waals surface area contributed by atoms with Crippen molar-refractivity contribution in [2.24, 2.45) is 5.92 Å². The largest absolute Gasteiger partial charge is 0.312 e. The predicted molar refractivity (Wildman–Crippen MR) is 147 cm³/mol. The Labute approximate surface area is 231 Å². The van der Waals surface area contributed by atoms with Gasteiger partial charge >= 0.3 is 0 Å². The molecule has 2 N–H and O–H groups in total. The maximum Gasteiger partial charge on any atom is 0.263 e. The van der Waals surface area contributed by atoms with Crippen LogP contribution in [0.4, 0.5) is 11.5 Å². The summed E-state index contributed by atoms with van der Waals surface area (Å²) in [5.41, 5.74) is 1.82. The fourth-order valence-corrected chi connectivity index (χ4v) is 4.76. The molecular formula is C26H20Cl2N8O3. The molecule has 1 unspecified atom stereocenters. The summed E-state index contributed by atoms with van der Waals surface area (Å²) in [5.74, 6) is -0.700. The Morgan fingerprint density at radius 3 is 2.36 bits per heavy atom. The highest BCUT2D eigenvalue weighted by Crippen LogP contribution is 2.28. The lowest BCUT2D eigenvalue weighted by Gasteiger charge is -2.17. The summed E-state index contributed by atoms with van der Waals surface area (Å²) in [6, 6.07) is 15.5. The van der Waals surface area contributed by atoms with Crippen molar-refractivity contribution in [3.8, 4) is 11.6 Å². The molecule has 2 amide bonds. The van der Waals surface area contributed by atoms with Crippen molar-refractivity contribution in [2.45, 2.75) is 13.3 Å². The molecule has 0 spiro atoms. The molecule has 1 aliphatic heterocycles. The average Bonchev–Trinajstić information content (AvgIpc) is 3.62. The Morgan fingerprint density at radius 2 is 1.67 bits per heavy atom. The van der Waals surface area contributed by atoms with E-state index in [-0.39, 0.29) is 36.1 Å². The number of hydrogen-bond donors (Lipinski definition) is 2. The predicted octanol–water partition coefficient (Wildman–Crippen LogP) is 3.90. The number of rotatable bonds is 5. The number of benzene rings is 2. The molecule has 11 nitrogen and oxygen atoms in total. The number of carbonyl (C=O) groups is 2. The number of amides is 2. The van der Waals surface area contributed by atoms with Crippen LogP contribution in [0.3, 0.4) is 0 Å². The molecule has 0 aliphatic carbocycles. The number of aromatic amines is 1. The third-order valence-corrected chi connectivity index (χ3v) is 6.92. The lowest BCUT2D eigenvalue weighted by atomic mass is 10.1. The van der Waals surface area contributed by atoms with Gasteiger partial charge in [-0.3, -0.25) is 19.4 Å². The second-order valence-electron chi connectivity index (χ2n) is 9.11. The van der Waals surface area contributed by atoms with Gasteiger partial charge < -0.3 is 10.2 Å². The smallest absolute Gasteiger partial charge is 0.263 e. The molecule has 13 heteroatoms. The Balaban J connectivity index is 1.30. The number of H-pyrrole nitrogens is 1. The van der Waals surface area contributed by atoms with Crippen LogP contribution in [0.5, 0.6) is 0 Å². The summed E-state index contributed by atoms with van der Waals surface area (Å²) in [7, 11) is 0. The van der Waals surface area contributed by atoms with Crippen LogP contribution in [0, 0.1) is 12.8 Å². The van der Waals surface area contributed by atoms with Gasteiger partial charge in [-0.05, 0) is 55.5 Å². The molecule has 0 radical (unpaired) electrons. The zero-order valence-corrected chi connectivity index (χ0v) is 21.9. The molecule has 3 aromatic heterocycles. The summed E-state index contributed by atoms with van der Waals surface area (Å²) < 4.78 is 2.87. The molecule has 4 heterocycles. The van der Waals surface area contributed by atoms with E-state index in [1.54, 1.807) is 66.4 Å². The number of aryl methyl sites for hydroxylation is 1. The first-order valence-electron chi connectivity index (χ1n) is 11.9. The Hall–Kier alpha value is -4.48. The van der Waals surface area contributed by atoms with Crippen LogP contribution >= 0.6 is 23.2 Å². The van der Waals surface area contributed by atoms with Gasteiger partial charge in [-0.1, -0.05) is 23.2 Å². The van der Waals surface area contributed by atoms with Gasteiger partial charge in [0, 0.05) is 34.8 Å². The van der Waals surface area contributed by atoms with Gasteiger partial charge in [-0.25, -0.2) is 4.68 Å². The van der Waals surface area contributed by atoms with Crippen molar-refractivity contribution in [1.82, 2.24) is 29.5 Å². The minimum absolute atomic E-state index is 0.0584. The minimum atomic E-state index is -0.586. The van der Waals surface area contributed by atoms with E-state index in [0.717, 1.165) is 0 Å². The minimum Gasteiger partial charge on any atom is -0.312 e. The van der Waals surface area contributed by atoms with E-state index in [1.807, 2.05) is 0 Å². The second kappa shape index (κ2) is 9.68. The first-order valence-corrected chi connectivity index (χ1v) is 12.7. The van der Waals surface area contributed by atoms with Crippen molar-refractivity contribution in [1.29, 1.82) is 0 Å². The van der Waals surface area contributed by atoms with Gasteiger partial charge in [-0.2, -0.15) is 19.9 Å². The highest BCUT2D eigenvalue weighted by molar-refractivity contribution is 6.30. The number of hydrogen-bond acceptors (Lipinski definition) is 6. The van der Waals surface area contributed by atoms with Crippen LogP contribution in [-0.4, -0.2) is 47.9 Å².